The summed E-state index contributed by atoms with van der Waals surface area (Å²) in [6.07, 6.45) is 8.35. The molecule has 192 valence electrons. The second kappa shape index (κ2) is 16.4. The number of benzene rings is 2. The normalized spacial score (nSPS) is 16.0. The molecule has 3 heteroatoms. The number of carbonyl (C=O) groups excluding carboxylic acids is 1. The van der Waals surface area contributed by atoms with E-state index < -0.39 is 0 Å². The second-order valence-corrected chi connectivity index (χ2v) is 9.87. The van der Waals surface area contributed by atoms with Crippen LogP contribution < -0.4 is 0 Å². The molecule has 2 aromatic carbocycles. The summed E-state index contributed by atoms with van der Waals surface area (Å²) < 4.78 is 0. The van der Waals surface area contributed by atoms with E-state index >= 15 is 0 Å². The topological polar surface area (TPSA) is 23.6 Å². The number of nitrogens with zero attached hydrogens (tertiary/aromatic N) is 2. The predicted octanol–water partition coefficient (Wildman–Crippen LogP) is 7.23. The number of likely N-dealkylation sites (tertiary alicyclic amines) is 2. The Balaban J connectivity index is 0.000000231. The summed E-state index contributed by atoms with van der Waals surface area (Å²) in [7, 11) is 0. The molecule has 0 atom stereocenters. The van der Waals surface area contributed by atoms with E-state index in [0.717, 1.165) is 19.5 Å². The number of hydrogen-bond donors (Lipinski definition) is 0. The number of rotatable bonds is 8. The van der Waals surface area contributed by atoms with Gasteiger partial charge in [-0.3, -0.25) is 14.6 Å². The number of hydrogen-bond acceptors (Lipinski definition) is 3. The maximum atomic E-state index is 11.2. The van der Waals surface area contributed by atoms with E-state index in [1.807, 2.05) is 19.9 Å². The van der Waals surface area contributed by atoms with E-state index in [-0.39, 0.29) is 5.78 Å². The van der Waals surface area contributed by atoms with Gasteiger partial charge in [-0.15, -0.1) is 0 Å². The molecule has 2 fully saturated rings. The lowest BCUT2D eigenvalue weighted by atomic mass is 10.00. The summed E-state index contributed by atoms with van der Waals surface area (Å²) in [5.41, 5.74) is 6.69. The lowest BCUT2D eigenvalue weighted by molar-refractivity contribution is -0.116. The van der Waals surface area contributed by atoms with Gasteiger partial charge in [0.1, 0.15) is 5.78 Å². The number of allylic oxidation sites excluding steroid dienone is 1. The molecule has 0 N–H and O–H groups in total. The van der Waals surface area contributed by atoms with Crippen molar-refractivity contribution in [2.45, 2.75) is 85.7 Å². The van der Waals surface area contributed by atoms with Gasteiger partial charge < -0.3 is 0 Å². The fourth-order valence-electron chi connectivity index (χ4n) is 4.90. The first-order chi connectivity index (χ1) is 17.0. The van der Waals surface area contributed by atoms with Crippen molar-refractivity contribution < 1.29 is 4.79 Å². The van der Waals surface area contributed by atoms with E-state index in [1.54, 1.807) is 6.92 Å². The highest BCUT2D eigenvalue weighted by atomic mass is 16.1. The van der Waals surface area contributed by atoms with Crippen LogP contribution in [0.2, 0.25) is 0 Å². The van der Waals surface area contributed by atoms with E-state index in [2.05, 4.69) is 65.8 Å². The van der Waals surface area contributed by atoms with Gasteiger partial charge in [0.2, 0.25) is 0 Å². The quantitative estimate of drug-likeness (QED) is 0.375. The highest BCUT2D eigenvalue weighted by Crippen LogP contribution is 2.18. The Kier molecular flexibility index (Phi) is 13.6. The zero-order valence-corrected chi connectivity index (χ0v) is 22.8. The van der Waals surface area contributed by atoms with E-state index in [9.17, 15) is 4.79 Å². The van der Waals surface area contributed by atoms with E-state index in [4.69, 9.17) is 0 Å². The molecule has 0 aliphatic carbocycles. The molecule has 2 aliphatic rings. The molecular weight excluding hydrogens is 428 g/mol. The molecule has 0 amide bonds. The van der Waals surface area contributed by atoms with Crippen LogP contribution in [0.5, 0.6) is 0 Å². The lowest BCUT2D eigenvalue weighted by Gasteiger charge is -2.27. The summed E-state index contributed by atoms with van der Waals surface area (Å²) in [6, 6.07) is 17.1. The van der Waals surface area contributed by atoms with Gasteiger partial charge in [0.25, 0.3) is 0 Å². The largest absolute Gasteiger partial charge is 0.300 e. The first-order valence-corrected chi connectivity index (χ1v) is 13.7. The summed E-state index contributed by atoms with van der Waals surface area (Å²) in [6.45, 7) is 18.8. The number of ketones is 1. The molecule has 2 aliphatic heterocycles. The van der Waals surface area contributed by atoms with Gasteiger partial charge >= 0.3 is 0 Å². The van der Waals surface area contributed by atoms with Gasteiger partial charge in [-0.2, -0.15) is 0 Å². The van der Waals surface area contributed by atoms with Crippen molar-refractivity contribution >= 4 is 5.78 Å². The zero-order chi connectivity index (χ0) is 25.5. The van der Waals surface area contributed by atoms with Crippen molar-refractivity contribution in [2.75, 3.05) is 26.2 Å². The maximum Gasteiger partial charge on any atom is 0.134 e. The van der Waals surface area contributed by atoms with Crippen molar-refractivity contribution in [1.29, 1.82) is 0 Å². The van der Waals surface area contributed by atoms with Crippen molar-refractivity contribution in [3.8, 4) is 0 Å². The Hall–Kier alpha value is -2.23. The molecule has 2 heterocycles. The SMILES string of the molecule is C=C(C)Cc1ccccc1CN1CCCCC1.CC.CC(=O)Cc1ccccc1CN1CCCC1. The Labute approximate surface area is 215 Å². The highest BCUT2D eigenvalue weighted by Gasteiger charge is 2.14. The minimum absolute atomic E-state index is 0.244. The van der Waals surface area contributed by atoms with Crippen molar-refractivity contribution in [3.05, 3.63) is 82.9 Å². The standard InChI is InChI=1S/C16H23N.C14H19NO.C2H6/c1-14(2)12-15-8-4-5-9-16(15)13-17-10-6-3-7-11-17;1-12(16)10-13-6-2-3-7-14(13)11-15-8-4-5-9-15;1-2/h4-5,8-9H,1,3,6-7,10-13H2,2H3;2-3,6-7H,4-5,8-11H2,1H3;1-2H3. The molecule has 0 radical (unpaired) electrons. The first-order valence-electron chi connectivity index (χ1n) is 13.7. The molecule has 0 aromatic heterocycles. The molecule has 35 heavy (non-hydrogen) atoms. The van der Waals surface area contributed by atoms with Crippen LogP contribution in [0.15, 0.2) is 60.7 Å². The van der Waals surface area contributed by atoms with Gasteiger partial charge in [0.05, 0.1) is 0 Å². The maximum absolute atomic E-state index is 11.2. The summed E-state index contributed by atoms with van der Waals surface area (Å²) >= 11 is 0. The first kappa shape index (κ1) is 29.0. The Morgan fingerprint density at radius 2 is 1.03 bits per heavy atom. The van der Waals surface area contributed by atoms with Crippen LogP contribution >= 0.6 is 0 Å². The van der Waals surface area contributed by atoms with Crippen LogP contribution in [-0.4, -0.2) is 41.8 Å². The van der Waals surface area contributed by atoms with Crippen molar-refractivity contribution in [3.63, 3.8) is 0 Å². The third-order valence-electron chi connectivity index (χ3n) is 6.60. The molecule has 4 rings (SSSR count). The second-order valence-electron chi connectivity index (χ2n) is 9.87. The Morgan fingerprint density at radius 1 is 0.657 bits per heavy atom. The molecule has 2 aromatic rings. The van der Waals surface area contributed by atoms with E-state index in [1.165, 1.54) is 86.1 Å². The number of piperidine rings is 1. The van der Waals surface area contributed by atoms with Gasteiger partial charge in [0, 0.05) is 19.5 Å². The van der Waals surface area contributed by atoms with Crippen LogP contribution in [0.3, 0.4) is 0 Å². The third kappa shape index (κ3) is 10.9. The molecule has 0 spiro atoms. The molecule has 2 saturated heterocycles. The lowest BCUT2D eigenvalue weighted by Crippen LogP contribution is -2.29. The van der Waals surface area contributed by atoms with Gasteiger partial charge in [-0.05, 0) is 94.4 Å². The van der Waals surface area contributed by atoms with Crippen LogP contribution in [0.25, 0.3) is 0 Å². The molecular formula is C32H48N2O. The smallest absolute Gasteiger partial charge is 0.134 e. The monoisotopic (exact) mass is 476 g/mol. The summed E-state index contributed by atoms with van der Waals surface area (Å²) in [5.74, 6) is 0.244. The Morgan fingerprint density at radius 3 is 1.43 bits per heavy atom. The highest BCUT2D eigenvalue weighted by molar-refractivity contribution is 5.78. The molecule has 0 bridgehead atoms. The molecule has 3 nitrogen and oxygen atoms in total. The fourth-order valence-corrected chi connectivity index (χ4v) is 4.90. The predicted molar refractivity (Wildman–Crippen MR) is 151 cm³/mol. The van der Waals surface area contributed by atoms with Crippen LogP contribution in [0.4, 0.5) is 0 Å². The molecule has 0 unspecified atom stereocenters. The number of carbonyl (C=O) groups is 1. The van der Waals surface area contributed by atoms with Crippen LogP contribution in [0, 0.1) is 0 Å². The van der Waals surface area contributed by atoms with Crippen molar-refractivity contribution in [1.82, 2.24) is 9.80 Å². The van der Waals surface area contributed by atoms with Crippen LogP contribution in [0.1, 0.15) is 82.1 Å². The van der Waals surface area contributed by atoms with Gasteiger partial charge in [-0.25, -0.2) is 0 Å². The minimum atomic E-state index is 0.244. The summed E-state index contributed by atoms with van der Waals surface area (Å²) in [4.78, 5) is 16.2. The molecule has 0 saturated carbocycles. The van der Waals surface area contributed by atoms with Crippen molar-refractivity contribution in [2.24, 2.45) is 0 Å². The third-order valence-corrected chi connectivity index (χ3v) is 6.60. The summed E-state index contributed by atoms with van der Waals surface area (Å²) in [5, 5.41) is 0. The number of Topliss-reactive ketones (excluding diaryl/α,β-unsaturated/α-hetero) is 1. The Bertz CT molecular complexity index is 892. The minimum Gasteiger partial charge on any atom is -0.300 e. The van der Waals surface area contributed by atoms with Gasteiger partial charge in [-0.1, -0.05) is 81.0 Å². The zero-order valence-electron chi connectivity index (χ0n) is 22.8. The van der Waals surface area contributed by atoms with Gasteiger partial charge in [0.15, 0.2) is 0 Å². The average molecular weight is 477 g/mol. The van der Waals surface area contributed by atoms with Crippen LogP contribution in [-0.2, 0) is 30.7 Å². The average Bonchev–Trinajstić information content (AvgIpc) is 3.37. The van der Waals surface area contributed by atoms with E-state index in [0.29, 0.717) is 6.42 Å². The fraction of sp³-hybridized carbons (Fsp3) is 0.531.